The molecule has 0 radical (unpaired) electrons. The molecule has 0 saturated carbocycles. The Morgan fingerprint density at radius 2 is 2.09 bits per heavy atom. The second-order valence-corrected chi connectivity index (χ2v) is 6.93. The molecular formula is C18H29ClN2O. The molecule has 3 nitrogen and oxygen atoms in total. The largest absolute Gasteiger partial charge is 0.371 e. The van der Waals surface area contributed by atoms with Gasteiger partial charge in [0.25, 0.3) is 0 Å². The summed E-state index contributed by atoms with van der Waals surface area (Å²) in [6, 6.07) is 8.96. The molecule has 1 N–H and O–H groups in total. The highest BCUT2D eigenvalue weighted by molar-refractivity contribution is 5.85. The lowest BCUT2D eigenvalue weighted by Gasteiger charge is -2.37. The molecule has 1 aromatic rings. The van der Waals surface area contributed by atoms with Crippen molar-refractivity contribution in [3.05, 3.63) is 35.4 Å². The quantitative estimate of drug-likeness (QED) is 0.921. The van der Waals surface area contributed by atoms with Crippen LogP contribution in [0.2, 0.25) is 0 Å². The molecule has 3 rings (SSSR count). The van der Waals surface area contributed by atoms with E-state index in [0.29, 0.717) is 5.41 Å². The minimum Gasteiger partial charge on any atom is -0.371 e. The second-order valence-electron chi connectivity index (χ2n) is 6.93. The first-order valence-corrected chi connectivity index (χ1v) is 8.32. The zero-order valence-corrected chi connectivity index (χ0v) is 14.6. The molecule has 2 fully saturated rings. The van der Waals surface area contributed by atoms with E-state index in [0.717, 1.165) is 32.7 Å². The van der Waals surface area contributed by atoms with Crippen LogP contribution in [0.15, 0.2) is 24.3 Å². The van der Waals surface area contributed by atoms with Gasteiger partial charge < -0.3 is 10.1 Å². The summed E-state index contributed by atoms with van der Waals surface area (Å²) in [5.41, 5.74) is 3.16. The van der Waals surface area contributed by atoms with E-state index in [1.807, 2.05) is 0 Å². The van der Waals surface area contributed by atoms with Crippen molar-refractivity contribution in [3.8, 4) is 0 Å². The zero-order chi connectivity index (χ0) is 14.7. The molecule has 2 unspecified atom stereocenters. The van der Waals surface area contributed by atoms with E-state index in [2.05, 4.69) is 48.3 Å². The van der Waals surface area contributed by atoms with Gasteiger partial charge in [-0.25, -0.2) is 0 Å². The van der Waals surface area contributed by atoms with Crippen molar-refractivity contribution in [2.75, 3.05) is 39.3 Å². The normalized spacial score (nSPS) is 29.3. The van der Waals surface area contributed by atoms with Crippen LogP contribution in [0.3, 0.4) is 0 Å². The fraction of sp³-hybridized carbons (Fsp3) is 0.667. The summed E-state index contributed by atoms with van der Waals surface area (Å²) in [4.78, 5) is 2.59. The minimum atomic E-state index is 0. The SMILES string of the molecule is CCc1ccc(C2CN(CC3(C)CCNC3)CCO2)cc1.Cl. The van der Waals surface area contributed by atoms with E-state index in [4.69, 9.17) is 4.74 Å². The van der Waals surface area contributed by atoms with Gasteiger partial charge >= 0.3 is 0 Å². The van der Waals surface area contributed by atoms with Gasteiger partial charge in [0.2, 0.25) is 0 Å². The minimum absolute atomic E-state index is 0. The van der Waals surface area contributed by atoms with E-state index in [9.17, 15) is 0 Å². The number of nitrogens with zero attached hydrogens (tertiary/aromatic N) is 1. The summed E-state index contributed by atoms with van der Waals surface area (Å²) in [5, 5.41) is 3.50. The monoisotopic (exact) mass is 324 g/mol. The van der Waals surface area contributed by atoms with Gasteiger partial charge in [-0.15, -0.1) is 12.4 Å². The van der Waals surface area contributed by atoms with E-state index in [1.165, 1.54) is 30.6 Å². The first-order valence-electron chi connectivity index (χ1n) is 8.32. The van der Waals surface area contributed by atoms with Gasteiger partial charge in [0.05, 0.1) is 12.7 Å². The van der Waals surface area contributed by atoms with E-state index < -0.39 is 0 Å². The average Bonchev–Trinajstić information content (AvgIpc) is 2.94. The standard InChI is InChI=1S/C18H28N2O.ClH/c1-3-15-4-6-16(7-5-15)17-12-20(10-11-21-17)14-18(2)8-9-19-13-18;/h4-7,17,19H,3,8-14H2,1-2H3;1H. The summed E-state index contributed by atoms with van der Waals surface area (Å²) < 4.78 is 6.01. The maximum absolute atomic E-state index is 6.01. The summed E-state index contributed by atoms with van der Waals surface area (Å²) in [6.45, 7) is 11.1. The van der Waals surface area contributed by atoms with Gasteiger partial charge in [-0.2, -0.15) is 0 Å². The lowest BCUT2D eigenvalue weighted by Crippen LogP contribution is -2.44. The van der Waals surface area contributed by atoms with Crippen LogP contribution in [0, 0.1) is 5.41 Å². The molecular weight excluding hydrogens is 296 g/mol. The Kier molecular flexibility index (Phi) is 6.27. The Morgan fingerprint density at radius 3 is 2.73 bits per heavy atom. The zero-order valence-electron chi connectivity index (χ0n) is 13.8. The number of benzene rings is 1. The molecule has 0 bridgehead atoms. The van der Waals surface area contributed by atoms with Gasteiger partial charge in [0.15, 0.2) is 0 Å². The number of hydrogen-bond acceptors (Lipinski definition) is 3. The van der Waals surface area contributed by atoms with Crippen LogP contribution in [0.4, 0.5) is 0 Å². The Labute approximate surface area is 140 Å². The first kappa shape index (κ1) is 17.7. The lowest BCUT2D eigenvalue weighted by molar-refractivity contribution is -0.0400. The van der Waals surface area contributed by atoms with E-state index in [1.54, 1.807) is 0 Å². The molecule has 2 saturated heterocycles. The number of halogens is 1. The average molecular weight is 325 g/mol. The predicted molar refractivity (Wildman–Crippen MR) is 93.8 cm³/mol. The molecule has 0 aliphatic carbocycles. The first-order chi connectivity index (χ1) is 10.2. The molecule has 2 atom stereocenters. The van der Waals surface area contributed by atoms with Gasteiger partial charge in [0, 0.05) is 26.2 Å². The third-order valence-corrected chi connectivity index (χ3v) is 4.97. The van der Waals surface area contributed by atoms with Crippen LogP contribution in [-0.2, 0) is 11.2 Å². The number of nitrogens with one attached hydrogen (secondary N) is 1. The van der Waals surface area contributed by atoms with E-state index >= 15 is 0 Å². The molecule has 0 spiro atoms. The van der Waals surface area contributed by atoms with Gasteiger partial charge in [-0.3, -0.25) is 4.90 Å². The van der Waals surface area contributed by atoms with Crippen LogP contribution in [0.5, 0.6) is 0 Å². The fourth-order valence-electron chi connectivity index (χ4n) is 3.56. The van der Waals surface area contributed by atoms with Crippen molar-refractivity contribution in [2.45, 2.75) is 32.8 Å². The topological polar surface area (TPSA) is 24.5 Å². The van der Waals surface area contributed by atoms with Crippen LogP contribution in [0.1, 0.15) is 37.5 Å². The highest BCUT2D eigenvalue weighted by Crippen LogP contribution is 2.29. The summed E-state index contributed by atoms with van der Waals surface area (Å²) in [7, 11) is 0. The van der Waals surface area contributed by atoms with Crippen molar-refractivity contribution in [1.29, 1.82) is 0 Å². The van der Waals surface area contributed by atoms with E-state index in [-0.39, 0.29) is 18.5 Å². The summed E-state index contributed by atoms with van der Waals surface area (Å²) >= 11 is 0. The van der Waals surface area contributed by atoms with Crippen LogP contribution >= 0.6 is 12.4 Å². The van der Waals surface area contributed by atoms with Crippen LogP contribution in [0.25, 0.3) is 0 Å². The smallest absolute Gasteiger partial charge is 0.0952 e. The lowest BCUT2D eigenvalue weighted by atomic mass is 9.89. The second kappa shape index (κ2) is 7.78. The summed E-state index contributed by atoms with van der Waals surface area (Å²) in [6.07, 6.45) is 2.63. The fourth-order valence-corrected chi connectivity index (χ4v) is 3.56. The Morgan fingerprint density at radius 1 is 1.32 bits per heavy atom. The number of rotatable bonds is 4. The third-order valence-electron chi connectivity index (χ3n) is 4.97. The van der Waals surface area contributed by atoms with Crippen molar-refractivity contribution in [1.82, 2.24) is 10.2 Å². The predicted octanol–water partition coefficient (Wildman–Crippen LogP) is 3.04. The number of hydrogen-bond donors (Lipinski definition) is 1. The van der Waals surface area contributed by atoms with Crippen molar-refractivity contribution in [2.24, 2.45) is 5.41 Å². The molecule has 0 amide bonds. The van der Waals surface area contributed by atoms with Crippen LogP contribution < -0.4 is 5.32 Å². The van der Waals surface area contributed by atoms with Crippen molar-refractivity contribution in [3.63, 3.8) is 0 Å². The molecule has 1 aromatic carbocycles. The molecule has 4 heteroatoms. The Hall–Kier alpha value is -0.610. The highest BCUT2D eigenvalue weighted by atomic mass is 35.5. The highest BCUT2D eigenvalue weighted by Gasteiger charge is 2.32. The molecule has 22 heavy (non-hydrogen) atoms. The van der Waals surface area contributed by atoms with Crippen molar-refractivity contribution >= 4 is 12.4 Å². The van der Waals surface area contributed by atoms with Gasteiger partial charge in [-0.1, -0.05) is 38.1 Å². The Balaban J connectivity index is 0.00000176. The van der Waals surface area contributed by atoms with Gasteiger partial charge in [-0.05, 0) is 35.9 Å². The molecule has 124 valence electrons. The maximum atomic E-state index is 6.01. The number of morpholine rings is 1. The van der Waals surface area contributed by atoms with Crippen molar-refractivity contribution < 1.29 is 4.74 Å². The number of ether oxygens (including phenoxy) is 1. The summed E-state index contributed by atoms with van der Waals surface area (Å²) in [5.74, 6) is 0. The Bertz CT molecular complexity index is 457. The number of aryl methyl sites for hydroxylation is 1. The third kappa shape index (κ3) is 4.23. The van der Waals surface area contributed by atoms with Crippen LogP contribution in [-0.4, -0.2) is 44.2 Å². The molecule has 2 aliphatic heterocycles. The van der Waals surface area contributed by atoms with Gasteiger partial charge in [0.1, 0.15) is 0 Å². The molecule has 2 aliphatic rings. The maximum Gasteiger partial charge on any atom is 0.0952 e. The molecule has 2 heterocycles. The molecule has 0 aromatic heterocycles.